The molecule has 3 heteroatoms. The molecule has 1 saturated carbocycles. The van der Waals surface area contributed by atoms with E-state index < -0.39 is 0 Å². The number of benzene rings is 1. The van der Waals surface area contributed by atoms with E-state index in [0.717, 1.165) is 24.2 Å². The van der Waals surface area contributed by atoms with Gasteiger partial charge in [0, 0.05) is 24.4 Å². The molecule has 1 aromatic carbocycles. The predicted molar refractivity (Wildman–Crippen MR) is 85.7 cm³/mol. The molecular weight excluding hydrogens is 262 g/mol. The van der Waals surface area contributed by atoms with Gasteiger partial charge in [0.1, 0.15) is 17.6 Å². The Kier molecular flexibility index (Phi) is 5.40. The minimum atomic E-state index is 0.0984. The maximum absolute atomic E-state index is 11.7. The van der Waals surface area contributed by atoms with E-state index in [1.165, 1.54) is 0 Å². The molecule has 2 rings (SSSR count). The fraction of sp³-hybridized carbons (Fsp3) is 0.611. The van der Waals surface area contributed by atoms with Crippen LogP contribution < -0.4 is 10.1 Å². The van der Waals surface area contributed by atoms with Crippen LogP contribution in [-0.2, 0) is 11.2 Å². The molecule has 1 aliphatic rings. The highest BCUT2D eigenvalue weighted by Crippen LogP contribution is 2.26. The summed E-state index contributed by atoms with van der Waals surface area (Å²) in [4.78, 5) is 11.7. The summed E-state index contributed by atoms with van der Waals surface area (Å²) in [6.07, 6.45) is 2.99. The highest BCUT2D eigenvalue weighted by atomic mass is 16.5. The molecule has 21 heavy (non-hydrogen) atoms. The number of rotatable bonds is 7. The molecule has 1 aliphatic carbocycles. The topological polar surface area (TPSA) is 38.3 Å². The van der Waals surface area contributed by atoms with Gasteiger partial charge in [0.15, 0.2) is 0 Å². The fourth-order valence-corrected chi connectivity index (χ4v) is 2.55. The van der Waals surface area contributed by atoms with Gasteiger partial charge in [-0.25, -0.2) is 0 Å². The fourth-order valence-electron chi connectivity index (χ4n) is 2.55. The van der Waals surface area contributed by atoms with Crippen LogP contribution in [0.3, 0.4) is 0 Å². The van der Waals surface area contributed by atoms with Crippen molar-refractivity contribution in [1.29, 1.82) is 0 Å². The van der Waals surface area contributed by atoms with Crippen molar-refractivity contribution < 1.29 is 9.53 Å². The summed E-state index contributed by atoms with van der Waals surface area (Å²) in [7, 11) is 0. The van der Waals surface area contributed by atoms with Crippen LogP contribution >= 0.6 is 0 Å². The van der Waals surface area contributed by atoms with Gasteiger partial charge in [0.25, 0.3) is 0 Å². The molecule has 0 amide bonds. The van der Waals surface area contributed by atoms with Crippen LogP contribution in [0.2, 0.25) is 0 Å². The quantitative estimate of drug-likeness (QED) is 0.836. The van der Waals surface area contributed by atoms with Gasteiger partial charge in [0.05, 0.1) is 0 Å². The highest BCUT2D eigenvalue weighted by molar-refractivity contribution is 5.82. The molecule has 0 saturated heterocycles. The number of hydrogen-bond acceptors (Lipinski definition) is 3. The van der Waals surface area contributed by atoms with Crippen LogP contribution in [0.25, 0.3) is 0 Å². The van der Waals surface area contributed by atoms with Gasteiger partial charge in [-0.1, -0.05) is 39.8 Å². The Balaban J connectivity index is 1.77. The lowest BCUT2D eigenvalue weighted by Gasteiger charge is -2.37. The second-order valence-corrected chi connectivity index (χ2v) is 6.67. The number of hydrogen-bond donors (Lipinski definition) is 1. The van der Waals surface area contributed by atoms with Crippen molar-refractivity contribution in [2.75, 3.05) is 0 Å². The molecule has 0 bridgehead atoms. The first-order valence-corrected chi connectivity index (χ1v) is 7.98. The molecule has 0 aromatic heterocycles. The maximum atomic E-state index is 11.7. The van der Waals surface area contributed by atoms with E-state index in [4.69, 9.17) is 4.74 Å². The highest BCUT2D eigenvalue weighted by Gasteiger charge is 2.30. The molecule has 0 spiro atoms. The van der Waals surface area contributed by atoms with Crippen LogP contribution in [0.5, 0.6) is 5.75 Å². The molecule has 0 heterocycles. The minimum Gasteiger partial charge on any atom is -0.490 e. The Morgan fingerprint density at radius 3 is 2.33 bits per heavy atom. The van der Waals surface area contributed by atoms with Crippen molar-refractivity contribution in [2.45, 2.75) is 65.1 Å². The molecule has 116 valence electrons. The van der Waals surface area contributed by atoms with Gasteiger partial charge in [0.2, 0.25) is 0 Å². The van der Waals surface area contributed by atoms with Crippen LogP contribution in [0, 0.1) is 5.92 Å². The Morgan fingerprint density at radius 1 is 1.19 bits per heavy atom. The molecule has 1 fully saturated rings. The average Bonchev–Trinajstić information content (AvgIpc) is 2.37. The van der Waals surface area contributed by atoms with Crippen LogP contribution in [0.15, 0.2) is 24.3 Å². The number of ketones is 1. The van der Waals surface area contributed by atoms with Gasteiger partial charge >= 0.3 is 0 Å². The summed E-state index contributed by atoms with van der Waals surface area (Å²) in [5.41, 5.74) is 1.06. The lowest BCUT2D eigenvalue weighted by atomic mass is 9.88. The normalized spacial score (nSPS) is 21.4. The van der Waals surface area contributed by atoms with Gasteiger partial charge in [-0.2, -0.15) is 0 Å². The van der Waals surface area contributed by atoms with Gasteiger partial charge in [-0.3, -0.25) is 4.79 Å². The Hall–Kier alpha value is -1.35. The average molecular weight is 289 g/mol. The molecule has 0 unspecified atom stereocenters. The first kappa shape index (κ1) is 16.0. The SMILES string of the molecule is CC(C)N[C@H]1C[C@H](Oc2ccc(CC(=O)C(C)C)cc2)C1. The molecule has 3 nitrogen and oxygen atoms in total. The summed E-state index contributed by atoms with van der Waals surface area (Å²) >= 11 is 0. The molecule has 0 radical (unpaired) electrons. The van der Waals surface area contributed by atoms with Crippen molar-refractivity contribution >= 4 is 5.78 Å². The van der Waals surface area contributed by atoms with Crippen molar-refractivity contribution in [2.24, 2.45) is 5.92 Å². The van der Waals surface area contributed by atoms with E-state index >= 15 is 0 Å². The van der Waals surface area contributed by atoms with Crippen LogP contribution in [-0.4, -0.2) is 24.0 Å². The van der Waals surface area contributed by atoms with Crippen molar-refractivity contribution in [3.63, 3.8) is 0 Å². The van der Waals surface area contributed by atoms with E-state index in [1.54, 1.807) is 0 Å². The monoisotopic (exact) mass is 289 g/mol. The lowest BCUT2D eigenvalue weighted by Crippen LogP contribution is -2.49. The van der Waals surface area contributed by atoms with Crippen molar-refractivity contribution in [3.05, 3.63) is 29.8 Å². The third-order valence-corrected chi connectivity index (χ3v) is 3.91. The van der Waals surface area contributed by atoms with E-state index in [1.807, 2.05) is 38.1 Å². The zero-order chi connectivity index (χ0) is 15.4. The standard InChI is InChI=1S/C18H27NO2/c1-12(2)18(20)9-14-5-7-16(8-6-14)21-17-10-15(11-17)19-13(3)4/h5-8,12-13,15,17,19H,9-11H2,1-4H3/t15-,17-. The summed E-state index contributed by atoms with van der Waals surface area (Å²) in [5.74, 6) is 1.29. The number of ether oxygens (including phenoxy) is 1. The minimum absolute atomic E-state index is 0.0984. The van der Waals surface area contributed by atoms with Crippen molar-refractivity contribution in [1.82, 2.24) is 5.32 Å². The first-order chi connectivity index (χ1) is 9.94. The smallest absolute Gasteiger partial charge is 0.139 e. The number of carbonyl (C=O) groups excluding carboxylic acids is 1. The molecule has 0 atom stereocenters. The summed E-state index contributed by atoms with van der Waals surface area (Å²) in [5, 5.41) is 3.52. The van der Waals surface area contributed by atoms with Gasteiger partial charge in [-0.15, -0.1) is 0 Å². The van der Waals surface area contributed by atoms with E-state index in [2.05, 4.69) is 19.2 Å². The third kappa shape index (κ3) is 4.85. The Bertz CT molecular complexity index is 459. The van der Waals surface area contributed by atoms with Crippen LogP contribution in [0.1, 0.15) is 46.1 Å². The number of carbonyl (C=O) groups is 1. The summed E-state index contributed by atoms with van der Waals surface area (Å²) in [6.45, 7) is 8.23. The molecule has 1 aromatic rings. The second-order valence-electron chi connectivity index (χ2n) is 6.67. The van der Waals surface area contributed by atoms with Gasteiger partial charge in [-0.05, 0) is 30.5 Å². The largest absolute Gasteiger partial charge is 0.490 e. The van der Waals surface area contributed by atoms with Crippen LogP contribution in [0.4, 0.5) is 0 Å². The summed E-state index contributed by atoms with van der Waals surface area (Å²) < 4.78 is 5.94. The number of Topliss-reactive ketones (excluding diaryl/α,β-unsaturated/α-hetero) is 1. The Morgan fingerprint density at radius 2 is 1.81 bits per heavy atom. The van der Waals surface area contributed by atoms with Gasteiger partial charge < -0.3 is 10.1 Å². The zero-order valence-electron chi connectivity index (χ0n) is 13.6. The zero-order valence-corrected chi connectivity index (χ0v) is 13.6. The van der Waals surface area contributed by atoms with E-state index in [0.29, 0.717) is 24.6 Å². The van der Waals surface area contributed by atoms with E-state index in [9.17, 15) is 4.79 Å². The molecule has 1 N–H and O–H groups in total. The maximum Gasteiger partial charge on any atom is 0.139 e. The third-order valence-electron chi connectivity index (χ3n) is 3.91. The van der Waals surface area contributed by atoms with Crippen molar-refractivity contribution in [3.8, 4) is 5.75 Å². The van der Waals surface area contributed by atoms with E-state index in [-0.39, 0.29) is 11.7 Å². The lowest BCUT2D eigenvalue weighted by molar-refractivity contribution is -0.121. The number of nitrogens with one attached hydrogen (secondary N) is 1. The second kappa shape index (κ2) is 7.08. The molecule has 0 aliphatic heterocycles. The summed E-state index contributed by atoms with van der Waals surface area (Å²) in [6, 6.07) is 9.08. The molecular formula is C18H27NO2. The Labute approximate surface area is 128 Å². The predicted octanol–water partition coefficient (Wildman–Crippen LogP) is 3.36. The first-order valence-electron chi connectivity index (χ1n) is 7.98.